The molecule has 1 aromatic carbocycles. The van der Waals surface area contributed by atoms with Gasteiger partial charge in [-0.3, -0.25) is 4.68 Å². The van der Waals surface area contributed by atoms with Gasteiger partial charge in [0.15, 0.2) is 5.75 Å². The number of nitrogens with one attached hydrogen (secondary N) is 1. The second-order valence-corrected chi connectivity index (χ2v) is 5.85. The third-order valence-electron chi connectivity index (χ3n) is 3.31. The largest absolute Gasteiger partial charge is 0.454 e. The standard InChI is InChI=1S/C16H22BrN3O/c1-4-8-18-12(3)15-7-6-13(9-16(15)17)21-14-10-19-20(5-2)11-14/h6-7,9-12,18H,4-5,8H2,1-3H3. The molecule has 21 heavy (non-hydrogen) atoms. The Balaban J connectivity index is 2.07. The van der Waals surface area contributed by atoms with Crippen LogP contribution >= 0.6 is 15.9 Å². The summed E-state index contributed by atoms with van der Waals surface area (Å²) >= 11 is 3.63. The van der Waals surface area contributed by atoms with Crippen LogP contribution in [0.2, 0.25) is 0 Å². The lowest BCUT2D eigenvalue weighted by molar-refractivity contribution is 0.480. The summed E-state index contributed by atoms with van der Waals surface area (Å²) in [6, 6.07) is 6.41. The molecule has 0 aliphatic heterocycles. The van der Waals surface area contributed by atoms with Crippen molar-refractivity contribution < 1.29 is 4.74 Å². The molecular formula is C16H22BrN3O. The van der Waals surface area contributed by atoms with Crippen LogP contribution in [-0.4, -0.2) is 16.3 Å². The highest BCUT2D eigenvalue weighted by molar-refractivity contribution is 9.10. The molecule has 0 saturated carbocycles. The summed E-state index contributed by atoms with van der Waals surface area (Å²) in [5, 5.41) is 7.69. The first-order valence-corrected chi connectivity index (χ1v) is 8.16. The zero-order valence-corrected chi connectivity index (χ0v) is 14.4. The average Bonchev–Trinajstić information content (AvgIpc) is 2.92. The van der Waals surface area contributed by atoms with Crippen LogP contribution in [0.5, 0.6) is 11.5 Å². The third kappa shape index (κ3) is 4.32. The Bertz CT molecular complexity index is 583. The van der Waals surface area contributed by atoms with Gasteiger partial charge < -0.3 is 10.1 Å². The maximum atomic E-state index is 5.82. The molecule has 0 aliphatic rings. The van der Waals surface area contributed by atoms with Gasteiger partial charge in [-0.15, -0.1) is 0 Å². The molecule has 114 valence electrons. The first-order chi connectivity index (χ1) is 10.1. The van der Waals surface area contributed by atoms with Gasteiger partial charge in [-0.1, -0.05) is 28.9 Å². The predicted octanol–water partition coefficient (Wildman–Crippen LogP) is 4.52. The smallest absolute Gasteiger partial charge is 0.165 e. The SMILES string of the molecule is CCCNC(C)c1ccc(Oc2cnn(CC)c2)cc1Br. The Hall–Kier alpha value is -1.33. The summed E-state index contributed by atoms with van der Waals surface area (Å²) in [6.07, 6.45) is 4.76. The highest BCUT2D eigenvalue weighted by Gasteiger charge is 2.10. The zero-order valence-electron chi connectivity index (χ0n) is 12.8. The van der Waals surface area contributed by atoms with Gasteiger partial charge >= 0.3 is 0 Å². The van der Waals surface area contributed by atoms with E-state index in [1.807, 2.05) is 29.9 Å². The van der Waals surface area contributed by atoms with E-state index >= 15 is 0 Å². The first-order valence-electron chi connectivity index (χ1n) is 7.37. The topological polar surface area (TPSA) is 39.1 Å². The van der Waals surface area contributed by atoms with Crippen LogP contribution in [0.25, 0.3) is 0 Å². The number of halogens is 1. The predicted molar refractivity (Wildman–Crippen MR) is 88.8 cm³/mol. The van der Waals surface area contributed by atoms with E-state index in [1.165, 1.54) is 5.56 Å². The molecule has 1 atom stereocenters. The first kappa shape index (κ1) is 16.0. The number of aromatic nitrogens is 2. The maximum Gasteiger partial charge on any atom is 0.165 e. The Morgan fingerprint density at radius 1 is 1.33 bits per heavy atom. The van der Waals surface area contributed by atoms with Crippen molar-refractivity contribution in [1.29, 1.82) is 0 Å². The fraction of sp³-hybridized carbons (Fsp3) is 0.438. The summed E-state index contributed by atoms with van der Waals surface area (Å²) in [5.74, 6) is 1.57. The van der Waals surface area contributed by atoms with Crippen LogP contribution in [-0.2, 0) is 6.54 Å². The fourth-order valence-corrected chi connectivity index (χ4v) is 2.80. The number of rotatable bonds is 7. The van der Waals surface area contributed by atoms with E-state index in [-0.39, 0.29) is 0 Å². The maximum absolute atomic E-state index is 5.82. The number of hydrogen-bond acceptors (Lipinski definition) is 3. The van der Waals surface area contributed by atoms with E-state index in [9.17, 15) is 0 Å². The molecule has 1 aromatic heterocycles. The molecule has 2 rings (SSSR count). The Kier molecular flexibility index (Phi) is 5.82. The van der Waals surface area contributed by atoms with Gasteiger partial charge in [-0.05, 0) is 44.5 Å². The van der Waals surface area contributed by atoms with Crippen LogP contribution in [0, 0.1) is 0 Å². The highest BCUT2D eigenvalue weighted by atomic mass is 79.9. The van der Waals surface area contributed by atoms with Gasteiger partial charge in [-0.25, -0.2) is 0 Å². The van der Waals surface area contributed by atoms with Crippen molar-refractivity contribution in [1.82, 2.24) is 15.1 Å². The lowest BCUT2D eigenvalue weighted by atomic mass is 10.1. The normalized spacial score (nSPS) is 12.4. The van der Waals surface area contributed by atoms with E-state index in [0.29, 0.717) is 6.04 Å². The minimum absolute atomic E-state index is 0.316. The summed E-state index contributed by atoms with van der Waals surface area (Å²) < 4.78 is 8.72. The van der Waals surface area contributed by atoms with Gasteiger partial charge in [0.25, 0.3) is 0 Å². The molecule has 0 radical (unpaired) electrons. The van der Waals surface area contributed by atoms with E-state index in [4.69, 9.17) is 4.74 Å². The number of benzene rings is 1. The van der Waals surface area contributed by atoms with Crippen LogP contribution < -0.4 is 10.1 Å². The second kappa shape index (κ2) is 7.61. The Morgan fingerprint density at radius 3 is 2.76 bits per heavy atom. The third-order valence-corrected chi connectivity index (χ3v) is 3.99. The molecule has 1 heterocycles. The van der Waals surface area contributed by atoms with Crippen LogP contribution in [0.3, 0.4) is 0 Å². The fourth-order valence-electron chi connectivity index (χ4n) is 2.10. The van der Waals surface area contributed by atoms with E-state index in [0.717, 1.165) is 35.5 Å². The lowest BCUT2D eigenvalue weighted by Gasteiger charge is -2.16. The molecule has 0 spiro atoms. The molecule has 4 nitrogen and oxygen atoms in total. The molecule has 5 heteroatoms. The van der Waals surface area contributed by atoms with Crippen molar-refractivity contribution in [3.05, 3.63) is 40.6 Å². The molecule has 0 fully saturated rings. The monoisotopic (exact) mass is 351 g/mol. The minimum Gasteiger partial charge on any atom is -0.454 e. The molecule has 1 unspecified atom stereocenters. The van der Waals surface area contributed by atoms with Crippen molar-refractivity contribution in [3.8, 4) is 11.5 Å². The average molecular weight is 352 g/mol. The van der Waals surface area contributed by atoms with Crippen LogP contribution in [0.15, 0.2) is 35.1 Å². The summed E-state index contributed by atoms with van der Waals surface area (Å²) in [4.78, 5) is 0. The highest BCUT2D eigenvalue weighted by Crippen LogP contribution is 2.30. The summed E-state index contributed by atoms with van der Waals surface area (Å²) in [7, 11) is 0. The Morgan fingerprint density at radius 2 is 2.14 bits per heavy atom. The summed E-state index contributed by atoms with van der Waals surface area (Å²) in [5.41, 5.74) is 1.24. The molecular weight excluding hydrogens is 330 g/mol. The molecule has 1 N–H and O–H groups in total. The molecule has 0 bridgehead atoms. The quantitative estimate of drug-likeness (QED) is 0.796. The van der Waals surface area contributed by atoms with Crippen molar-refractivity contribution in [2.24, 2.45) is 0 Å². The van der Waals surface area contributed by atoms with Gasteiger partial charge in [0.2, 0.25) is 0 Å². The lowest BCUT2D eigenvalue weighted by Crippen LogP contribution is -2.19. The van der Waals surface area contributed by atoms with Crippen molar-refractivity contribution in [2.75, 3.05) is 6.54 Å². The van der Waals surface area contributed by atoms with Gasteiger partial charge in [0, 0.05) is 17.1 Å². The van der Waals surface area contributed by atoms with Crippen molar-refractivity contribution in [2.45, 2.75) is 39.8 Å². The van der Waals surface area contributed by atoms with Crippen LogP contribution in [0.4, 0.5) is 0 Å². The molecule has 0 aliphatic carbocycles. The van der Waals surface area contributed by atoms with Crippen LogP contribution in [0.1, 0.15) is 38.8 Å². The van der Waals surface area contributed by atoms with Crippen molar-refractivity contribution in [3.63, 3.8) is 0 Å². The number of hydrogen-bond donors (Lipinski definition) is 1. The second-order valence-electron chi connectivity index (χ2n) is 4.99. The van der Waals surface area contributed by atoms with Crippen molar-refractivity contribution >= 4 is 15.9 Å². The molecule has 2 aromatic rings. The minimum atomic E-state index is 0.316. The van der Waals surface area contributed by atoms with Gasteiger partial charge in [0.05, 0.1) is 12.4 Å². The molecule has 0 amide bonds. The number of ether oxygens (including phenoxy) is 1. The number of nitrogens with zero attached hydrogens (tertiary/aromatic N) is 2. The zero-order chi connectivity index (χ0) is 15.2. The van der Waals surface area contributed by atoms with E-state index in [1.54, 1.807) is 6.20 Å². The van der Waals surface area contributed by atoms with E-state index in [2.05, 4.69) is 46.3 Å². The van der Waals surface area contributed by atoms with E-state index < -0.39 is 0 Å². The van der Waals surface area contributed by atoms with Gasteiger partial charge in [-0.2, -0.15) is 5.10 Å². The number of aryl methyl sites for hydroxylation is 1. The summed E-state index contributed by atoms with van der Waals surface area (Å²) in [6.45, 7) is 8.24. The Labute approximate surface area is 134 Å². The molecule has 0 saturated heterocycles. The van der Waals surface area contributed by atoms with Gasteiger partial charge in [0.1, 0.15) is 5.75 Å².